The average molecular weight is 416 g/mol. The molecule has 1 aromatic heterocycles. The molecule has 1 amide bonds. The first-order chi connectivity index (χ1) is 13.5. The second-order valence-corrected chi connectivity index (χ2v) is 7.95. The molecule has 1 aliphatic heterocycles. The normalized spacial score (nSPS) is 17.0. The molecule has 0 radical (unpaired) electrons. The van der Waals surface area contributed by atoms with E-state index >= 15 is 0 Å². The summed E-state index contributed by atoms with van der Waals surface area (Å²) < 4.78 is 5.53. The van der Waals surface area contributed by atoms with Crippen molar-refractivity contribution in [3.8, 4) is 11.4 Å². The molecule has 1 saturated heterocycles. The summed E-state index contributed by atoms with van der Waals surface area (Å²) in [4.78, 5) is 19.3. The van der Waals surface area contributed by atoms with Gasteiger partial charge in [0.15, 0.2) is 0 Å². The van der Waals surface area contributed by atoms with Crippen LogP contribution in [0.2, 0.25) is 10.0 Å². The number of aryl methyl sites for hydroxylation is 1. The van der Waals surface area contributed by atoms with Crippen molar-refractivity contribution in [1.82, 2.24) is 15.0 Å². The van der Waals surface area contributed by atoms with Gasteiger partial charge < -0.3 is 9.42 Å². The summed E-state index contributed by atoms with van der Waals surface area (Å²) in [7, 11) is 0. The number of rotatable bonds is 3. The van der Waals surface area contributed by atoms with E-state index in [1.165, 1.54) is 0 Å². The van der Waals surface area contributed by atoms with Gasteiger partial charge in [-0.1, -0.05) is 52.1 Å². The summed E-state index contributed by atoms with van der Waals surface area (Å²) in [5.41, 5.74) is 2.55. The summed E-state index contributed by atoms with van der Waals surface area (Å²) in [5, 5.41) is 5.03. The SMILES string of the molecule is Cc1cccc(-c2noc([C@H]3CCCN(C(=O)c4cc(Cl)cc(Cl)c4)C3)n2)c1. The zero-order valence-corrected chi connectivity index (χ0v) is 16.9. The van der Waals surface area contributed by atoms with Gasteiger partial charge in [-0.25, -0.2) is 0 Å². The quantitative estimate of drug-likeness (QED) is 0.576. The molecule has 2 heterocycles. The Labute approximate surface area is 173 Å². The molecule has 0 saturated carbocycles. The Kier molecular flexibility index (Phi) is 5.38. The highest BCUT2D eigenvalue weighted by Crippen LogP contribution is 2.29. The molecule has 4 rings (SSSR count). The first-order valence-corrected chi connectivity index (χ1v) is 9.91. The zero-order valence-electron chi connectivity index (χ0n) is 15.4. The minimum atomic E-state index is -0.0903. The predicted octanol–water partition coefficient (Wildman–Crippen LogP) is 5.37. The second kappa shape index (κ2) is 7.94. The zero-order chi connectivity index (χ0) is 19.7. The molecule has 3 aromatic rings. The highest BCUT2D eigenvalue weighted by Gasteiger charge is 2.29. The third-order valence-electron chi connectivity index (χ3n) is 4.89. The Morgan fingerprint density at radius 3 is 2.71 bits per heavy atom. The lowest BCUT2D eigenvalue weighted by atomic mass is 9.97. The molecule has 0 unspecified atom stereocenters. The molecule has 0 aliphatic carbocycles. The van der Waals surface area contributed by atoms with Crippen LogP contribution in [0.5, 0.6) is 0 Å². The van der Waals surface area contributed by atoms with Gasteiger partial charge in [0.1, 0.15) is 0 Å². The Hall–Kier alpha value is -2.37. The molecule has 0 N–H and O–H groups in total. The van der Waals surface area contributed by atoms with Gasteiger partial charge in [0.25, 0.3) is 5.91 Å². The lowest BCUT2D eigenvalue weighted by molar-refractivity contribution is 0.0695. The van der Waals surface area contributed by atoms with E-state index in [2.05, 4.69) is 10.1 Å². The van der Waals surface area contributed by atoms with Crippen molar-refractivity contribution in [3.05, 3.63) is 69.5 Å². The molecule has 0 spiro atoms. The number of hydrogen-bond acceptors (Lipinski definition) is 4. The minimum Gasteiger partial charge on any atom is -0.339 e. The number of aromatic nitrogens is 2. The van der Waals surface area contributed by atoms with E-state index in [1.54, 1.807) is 23.1 Å². The molecule has 1 fully saturated rings. The fourth-order valence-electron chi connectivity index (χ4n) is 3.53. The van der Waals surface area contributed by atoms with Crippen LogP contribution >= 0.6 is 23.2 Å². The molecule has 144 valence electrons. The number of hydrogen-bond donors (Lipinski definition) is 0. The maximum absolute atomic E-state index is 12.9. The number of halogens is 2. The lowest BCUT2D eigenvalue weighted by Gasteiger charge is -2.31. The summed E-state index contributed by atoms with van der Waals surface area (Å²) in [6, 6.07) is 12.9. The van der Waals surface area contributed by atoms with Crippen LogP contribution < -0.4 is 0 Å². The molecule has 28 heavy (non-hydrogen) atoms. The van der Waals surface area contributed by atoms with Crippen LogP contribution in [0, 0.1) is 6.92 Å². The van der Waals surface area contributed by atoms with Crippen molar-refractivity contribution in [2.75, 3.05) is 13.1 Å². The summed E-state index contributed by atoms with van der Waals surface area (Å²) in [6.45, 7) is 3.23. The molecule has 0 bridgehead atoms. The Bertz CT molecular complexity index is 998. The highest BCUT2D eigenvalue weighted by molar-refractivity contribution is 6.35. The lowest BCUT2D eigenvalue weighted by Crippen LogP contribution is -2.39. The van der Waals surface area contributed by atoms with Crippen molar-refractivity contribution in [2.24, 2.45) is 0 Å². The van der Waals surface area contributed by atoms with E-state index in [0.29, 0.717) is 40.4 Å². The van der Waals surface area contributed by atoms with Crippen molar-refractivity contribution in [1.29, 1.82) is 0 Å². The number of carbonyl (C=O) groups is 1. The van der Waals surface area contributed by atoms with Crippen LogP contribution in [0.15, 0.2) is 47.0 Å². The van der Waals surface area contributed by atoms with E-state index in [-0.39, 0.29) is 11.8 Å². The van der Waals surface area contributed by atoms with E-state index in [1.807, 2.05) is 31.2 Å². The monoisotopic (exact) mass is 415 g/mol. The van der Waals surface area contributed by atoms with Crippen LogP contribution in [-0.4, -0.2) is 34.0 Å². The van der Waals surface area contributed by atoms with Crippen LogP contribution in [0.25, 0.3) is 11.4 Å². The standard InChI is InChI=1S/C21H19Cl2N3O2/c1-13-4-2-5-14(8-13)19-24-20(28-25-19)15-6-3-7-26(12-15)21(27)16-9-17(22)11-18(23)10-16/h2,4-5,8-11,15H,3,6-7,12H2,1H3/t15-/m0/s1. The first-order valence-electron chi connectivity index (χ1n) is 9.15. The molecule has 2 aromatic carbocycles. The first kappa shape index (κ1) is 19.0. The van der Waals surface area contributed by atoms with Gasteiger partial charge in [0.05, 0.1) is 5.92 Å². The smallest absolute Gasteiger partial charge is 0.253 e. The van der Waals surface area contributed by atoms with Crippen molar-refractivity contribution in [3.63, 3.8) is 0 Å². The van der Waals surface area contributed by atoms with E-state index in [4.69, 9.17) is 27.7 Å². The van der Waals surface area contributed by atoms with Gasteiger partial charge in [-0.05, 0) is 44.0 Å². The van der Waals surface area contributed by atoms with Gasteiger partial charge in [-0.15, -0.1) is 0 Å². The second-order valence-electron chi connectivity index (χ2n) is 7.07. The predicted molar refractivity (Wildman–Crippen MR) is 109 cm³/mol. The number of carbonyl (C=O) groups excluding carboxylic acids is 1. The molecular formula is C21H19Cl2N3O2. The third-order valence-corrected chi connectivity index (χ3v) is 5.32. The number of amides is 1. The average Bonchev–Trinajstić information content (AvgIpc) is 3.17. The van der Waals surface area contributed by atoms with Gasteiger partial charge in [0.2, 0.25) is 11.7 Å². The Balaban J connectivity index is 1.52. The number of likely N-dealkylation sites (tertiary alicyclic amines) is 1. The maximum Gasteiger partial charge on any atom is 0.253 e. The largest absolute Gasteiger partial charge is 0.339 e. The molecule has 5 nitrogen and oxygen atoms in total. The summed E-state index contributed by atoms with van der Waals surface area (Å²) in [5.74, 6) is 1.06. The van der Waals surface area contributed by atoms with Gasteiger partial charge in [-0.3, -0.25) is 4.79 Å². The summed E-state index contributed by atoms with van der Waals surface area (Å²) >= 11 is 12.1. The van der Waals surface area contributed by atoms with Crippen molar-refractivity contribution in [2.45, 2.75) is 25.7 Å². The topological polar surface area (TPSA) is 59.2 Å². The van der Waals surface area contributed by atoms with Crippen LogP contribution in [0.3, 0.4) is 0 Å². The fraction of sp³-hybridized carbons (Fsp3) is 0.286. The number of nitrogens with zero attached hydrogens (tertiary/aromatic N) is 3. The van der Waals surface area contributed by atoms with Crippen molar-refractivity contribution < 1.29 is 9.32 Å². The molecular weight excluding hydrogens is 397 g/mol. The van der Waals surface area contributed by atoms with E-state index < -0.39 is 0 Å². The molecule has 1 atom stereocenters. The number of benzene rings is 2. The van der Waals surface area contributed by atoms with Crippen LogP contribution in [0.1, 0.15) is 40.6 Å². The third kappa shape index (κ3) is 4.05. The van der Waals surface area contributed by atoms with E-state index in [9.17, 15) is 4.79 Å². The Morgan fingerprint density at radius 2 is 1.96 bits per heavy atom. The van der Waals surface area contributed by atoms with Gasteiger partial charge in [0, 0.05) is 34.3 Å². The van der Waals surface area contributed by atoms with E-state index in [0.717, 1.165) is 24.0 Å². The Morgan fingerprint density at radius 1 is 1.18 bits per heavy atom. The maximum atomic E-state index is 12.9. The van der Waals surface area contributed by atoms with Gasteiger partial charge >= 0.3 is 0 Å². The molecule has 7 heteroatoms. The minimum absolute atomic E-state index is 0.0124. The number of piperidine rings is 1. The summed E-state index contributed by atoms with van der Waals surface area (Å²) in [6.07, 6.45) is 1.77. The van der Waals surface area contributed by atoms with Crippen LogP contribution in [-0.2, 0) is 0 Å². The fourth-order valence-corrected chi connectivity index (χ4v) is 4.05. The van der Waals surface area contributed by atoms with Crippen molar-refractivity contribution >= 4 is 29.1 Å². The highest BCUT2D eigenvalue weighted by atomic mass is 35.5. The molecule has 1 aliphatic rings. The van der Waals surface area contributed by atoms with Gasteiger partial charge in [-0.2, -0.15) is 4.98 Å². The van der Waals surface area contributed by atoms with Crippen LogP contribution in [0.4, 0.5) is 0 Å².